The standard InChI is InChI=1S/C8H18N2O/c11-7-3-6-10-5-2-1-4-9-8-10/h9,11H,1-8H2. The monoisotopic (exact) mass is 158 g/mol. The van der Waals surface area contributed by atoms with E-state index in [1.165, 1.54) is 19.4 Å². The van der Waals surface area contributed by atoms with Gasteiger partial charge in [-0.05, 0) is 32.4 Å². The molecule has 1 heterocycles. The van der Waals surface area contributed by atoms with E-state index in [0.717, 1.165) is 26.2 Å². The molecule has 0 amide bonds. The predicted octanol–water partition coefficient (Wildman–Crippen LogP) is 0.0117. The van der Waals surface area contributed by atoms with Crippen LogP contribution >= 0.6 is 0 Å². The number of nitrogens with one attached hydrogen (secondary N) is 1. The third-order valence-electron chi connectivity index (χ3n) is 2.05. The molecule has 1 fully saturated rings. The Bertz CT molecular complexity index is 90.1. The maximum absolute atomic E-state index is 8.62. The van der Waals surface area contributed by atoms with Crippen molar-refractivity contribution in [2.75, 3.05) is 32.9 Å². The Balaban J connectivity index is 2.09. The minimum absolute atomic E-state index is 0.316. The van der Waals surface area contributed by atoms with Gasteiger partial charge in [0.1, 0.15) is 0 Å². The average molecular weight is 158 g/mol. The Hall–Kier alpha value is -0.120. The van der Waals surface area contributed by atoms with E-state index in [9.17, 15) is 0 Å². The zero-order valence-electron chi connectivity index (χ0n) is 7.05. The predicted molar refractivity (Wildman–Crippen MR) is 45.4 cm³/mol. The fourth-order valence-corrected chi connectivity index (χ4v) is 1.39. The smallest absolute Gasteiger partial charge is 0.0480 e. The van der Waals surface area contributed by atoms with Crippen molar-refractivity contribution >= 4 is 0 Å². The van der Waals surface area contributed by atoms with E-state index in [0.29, 0.717) is 6.61 Å². The summed E-state index contributed by atoms with van der Waals surface area (Å²) in [6, 6.07) is 0. The van der Waals surface area contributed by atoms with Gasteiger partial charge in [0.25, 0.3) is 0 Å². The van der Waals surface area contributed by atoms with Crippen LogP contribution in [0.4, 0.5) is 0 Å². The topological polar surface area (TPSA) is 35.5 Å². The summed E-state index contributed by atoms with van der Waals surface area (Å²) >= 11 is 0. The molecule has 0 saturated carbocycles. The van der Waals surface area contributed by atoms with Crippen LogP contribution < -0.4 is 5.32 Å². The van der Waals surface area contributed by atoms with Crippen molar-refractivity contribution in [3.8, 4) is 0 Å². The molecular weight excluding hydrogens is 140 g/mol. The Morgan fingerprint density at radius 2 is 2.27 bits per heavy atom. The number of aliphatic hydroxyl groups is 1. The Morgan fingerprint density at radius 1 is 1.36 bits per heavy atom. The second kappa shape index (κ2) is 5.52. The fraction of sp³-hybridized carbons (Fsp3) is 1.00. The van der Waals surface area contributed by atoms with Gasteiger partial charge in [-0.25, -0.2) is 0 Å². The summed E-state index contributed by atoms with van der Waals surface area (Å²) in [6.45, 7) is 4.68. The lowest BCUT2D eigenvalue weighted by atomic mass is 10.3. The first kappa shape index (κ1) is 8.97. The van der Waals surface area contributed by atoms with E-state index in [1.54, 1.807) is 0 Å². The number of hydrogen-bond donors (Lipinski definition) is 2. The van der Waals surface area contributed by atoms with Gasteiger partial charge in [-0.1, -0.05) is 0 Å². The summed E-state index contributed by atoms with van der Waals surface area (Å²) in [5, 5.41) is 12.0. The Morgan fingerprint density at radius 3 is 3.09 bits per heavy atom. The summed E-state index contributed by atoms with van der Waals surface area (Å²) in [7, 11) is 0. The first-order chi connectivity index (χ1) is 5.43. The second-order valence-corrected chi connectivity index (χ2v) is 3.06. The molecule has 0 bridgehead atoms. The largest absolute Gasteiger partial charge is 0.396 e. The lowest BCUT2D eigenvalue weighted by molar-refractivity contribution is 0.222. The molecule has 0 radical (unpaired) electrons. The van der Waals surface area contributed by atoms with Gasteiger partial charge in [-0.2, -0.15) is 0 Å². The van der Waals surface area contributed by atoms with Crippen LogP contribution in [-0.4, -0.2) is 42.9 Å². The van der Waals surface area contributed by atoms with Gasteiger partial charge in [0.2, 0.25) is 0 Å². The average Bonchev–Trinajstić information content (AvgIpc) is 2.28. The maximum Gasteiger partial charge on any atom is 0.0480 e. The van der Waals surface area contributed by atoms with Crippen molar-refractivity contribution in [2.24, 2.45) is 0 Å². The van der Waals surface area contributed by atoms with Gasteiger partial charge in [-0.15, -0.1) is 0 Å². The van der Waals surface area contributed by atoms with Crippen LogP contribution in [0, 0.1) is 0 Å². The molecule has 0 aliphatic carbocycles. The second-order valence-electron chi connectivity index (χ2n) is 3.06. The number of hydrogen-bond acceptors (Lipinski definition) is 3. The minimum Gasteiger partial charge on any atom is -0.396 e. The number of nitrogens with zero attached hydrogens (tertiary/aromatic N) is 1. The molecule has 0 atom stereocenters. The van der Waals surface area contributed by atoms with Crippen LogP contribution in [0.2, 0.25) is 0 Å². The molecule has 1 aliphatic rings. The van der Waals surface area contributed by atoms with Crippen LogP contribution in [0.15, 0.2) is 0 Å². The molecule has 0 unspecified atom stereocenters. The molecule has 1 aliphatic heterocycles. The van der Waals surface area contributed by atoms with E-state index < -0.39 is 0 Å². The quantitative estimate of drug-likeness (QED) is 0.607. The maximum atomic E-state index is 8.62. The summed E-state index contributed by atoms with van der Waals surface area (Å²) in [4.78, 5) is 2.36. The van der Waals surface area contributed by atoms with Crippen molar-refractivity contribution in [3.63, 3.8) is 0 Å². The molecule has 0 spiro atoms. The SMILES string of the molecule is OCCCN1CCCCNC1. The minimum atomic E-state index is 0.316. The molecular formula is C8H18N2O. The van der Waals surface area contributed by atoms with Crippen molar-refractivity contribution < 1.29 is 5.11 Å². The van der Waals surface area contributed by atoms with Gasteiger partial charge >= 0.3 is 0 Å². The zero-order chi connectivity index (χ0) is 7.94. The molecule has 0 aromatic carbocycles. The van der Waals surface area contributed by atoms with Crippen LogP contribution in [0.3, 0.4) is 0 Å². The fourth-order valence-electron chi connectivity index (χ4n) is 1.39. The van der Waals surface area contributed by atoms with Gasteiger partial charge in [0.05, 0.1) is 0 Å². The van der Waals surface area contributed by atoms with Crippen molar-refractivity contribution in [1.82, 2.24) is 10.2 Å². The molecule has 66 valence electrons. The van der Waals surface area contributed by atoms with E-state index >= 15 is 0 Å². The van der Waals surface area contributed by atoms with Crippen LogP contribution in [0.25, 0.3) is 0 Å². The van der Waals surface area contributed by atoms with Crippen LogP contribution in [0.1, 0.15) is 19.3 Å². The van der Waals surface area contributed by atoms with Crippen molar-refractivity contribution in [1.29, 1.82) is 0 Å². The first-order valence-corrected chi connectivity index (χ1v) is 4.47. The normalized spacial score (nSPS) is 21.5. The zero-order valence-corrected chi connectivity index (χ0v) is 7.05. The highest BCUT2D eigenvalue weighted by Gasteiger charge is 2.06. The van der Waals surface area contributed by atoms with Crippen LogP contribution in [0.5, 0.6) is 0 Å². The van der Waals surface area contributed by atoms with Crippen molar-refractivity contribution in [2.45, 2.75) is 19.3 Å². The summed E-state index contributed by atoms with van der Waals surface area (Å²) < 4.78 is 0. The summed E-state index contributed by atoms with van der Waals surface area (Å²) in [5.74, 6) is 0. The molecule has 3 nitrogen and oxygen atoms in total. The van der Waals surface area contributed by atoms with E-state index in [-0.39, 0.29) is 0 Å². The molecule has 2 N–H and O–H groups in total. The van der Waals surface area contributed by atoms with Gasteiger partial charge in [-0.3, -0.25) is 4.90 Å². The van der Waals surface area contributed by atoms with Crippen LogP contribution in [-0.2, 0) is 0 Å². The summed E-state index contributed by atoms with van der Waals surface area (Å²) in [6.07, 6.45) is 3.48. The lowest BCUT2D eigenvalue weighted by Crippen LogP contribution is -2.33. The van der Waals surface area contributed by atoms with Gasteiger partial charge in [0, 0.05) is 19.8 Å². The third kappa shape index (κ3) is 3.70. The molecule has 11 heavy (non-hydrogen) atoms. The van der Waals surface area contributed by atoms with Crippen molar-refractivity contribution in [3.05, 3.63) is 0 Å². The molecule has 3 heteroatoms. The highest BCUT2D eigenvalue weighted by molar-refractivity contribution is 4.61. The van der Waals surface area contributed by atoms with E-state index in [2.05, 4.69) is 10.2 Å². The third-order valence-corrected chi connectivity index (χ3v) is 2.05. The lowest BCUT2D eigenvalue weighted by Gasteiger charge is -2.18. The summed E-state index contributed by atoms with van der Waals surface area (Å²) in [5.41, 5.74) is 0. The number of rotatable bonds is 3. The number of aliphatic hydroxyl groups excluding tert-OH is 1. The molecule has 1 rings (SSSR count). The molecule has 0 aromatic rings. The Labute approximate surface area is 68.4 Å². The molecule has 0 aromatic heterocycles. The van der Waals surface area contributed by atoms with E-state index in [1.807, 2.05) is 0 Å². The van der Waals surface area contributed by atoms with E-state index in [4.69, 9.17) is 5.11 Å². The first-order valence-electron chi connectivity index (χ1n) is 4.47. The Kier molecular flexibility index (Phi) is 4.50. The highest BCUT2D eigenvalue weighted by atomic mass is 16.3. The highest BCUT2D eigenvalue weighted by Crippen LogP contribution is 1.98. The molecule has 1 saturated heterocycles. The van der Waals surface area contributed by atoms with Gasteiger partial charge in [0.15, 0.2) is 0 Å². The van der Waals surface area contributed by atoms with Gasteiger partial charge < -0.3 is 10.4 Å².